The second-order valence-electron chi connectivity index (χ2n) is 8.33. The molecule has 4 aromatic rings. The topological polar surface area (TPSA) is 87.2 Å². The molecule has 0 spiro atoms. The van der Waals surface area contributed by atoms with Gasteiger partial charge in [-0.2, -0.15) is 0 Å². The molecular weight excluding hydrogens is 438 g/mol. The highest BCUT2D eigenvalue weighted by Crippen LogP contribution is 2.23. The summed E-state index contributed by atoms with van der Waals surface area (Å²) in [6.45, 7) is 0. The molecule has 176 valence electrons. The van der Waals surface area contributed by atoms with E-state index in [0.717, 1.165) is 22.4 Å². The van der Waals surface area contributed by atoms with Crippen molar-refractivity contribution in [2.45, 2.75) is 12.8 Å². The van der Waals surface area contributed by atoms with Gasteiger partial charge in [-0.1, -0.05) is 42.5 Å². The number of nitrogens with zero attached hydrogens (tertiary/aromatic N) is 3. The molecule has 0 fully saturated rings. The van der Waals surface area contributed by atoms with Crippen LogP contribution in [0.5, 0.6) is 0 Å². The van der Waals surface area contributed by atoms with E-state index in [1.54, 1.807) is 37.6 Å². The summed E-state index contributed by atoms with van der Waals surface area (Å²) < 4.78 is 0. The number of carbonyl (C=O) groups is 2. The van der Waals surface area contributed by atoms with Crippen molar-refractivity contribution < 1.29 is 9.59 Å². The fourth-order valence-corrected chi connectivity index (χ4v) is 3.55. The number of amides is 2. The number of rotatable bonds is 8. The highest BCUT2D eigenvalue weighted by Gasteiger charge is 2.09. The summed E-state index contributed by atoms with van der Waals surface area (Å²) in [6.07, 6.45) is 6.15. The van der Waals surface area contributed by atoms with Crippen LogP contribution in [-0.4, -0.2) is 40.8 Å². The van der Waals surface area contributed by atoms with Gasteiger partial charge in [-0.15, -0.1) is 0 Å². The minimum atomic E-state index is -0.0615. The summed E-state index contributed by atoms with van der Waals surface area (Å²) >= 11 is 0. The van der Waals surface area contributed by atoms with Crippen LogP contribution in [0.3, 0.4) is 0 Å². The van der Waals surface area contributed by atoms with Gasteiger partial charge in [0.1, 0.15) is 5.82 Å². The Morgan fingerprint density at radius 3 is 2.23 bits per heavy atom. The third kappa shape index (κ3) is 6.51. The number of benzene rings is 2. The number of aromatic nitrogens is 2. The van der Waals surface area contributed by atoms with Gasteiger partial charge >= 0.3 is 0 Å². The fraction of sp³-hybridized carbons (Fsp3) is 0.143. The number of pyridine rings is 2. The van der Waals surface area contributed by atoms with Crippen LogP contribution in [0.2, 0.25) is 0 Å². The maximum Gasteiger partial charge on any atom is 0.253 e. The second kappa shape index (κ2) is 11.1. The fourth-order valence-electron chi connectivity index (χ4n) is 3.55. The van der Waals surface area contributed by atoms with E-state index in [4.69, 9.17) is 0 Å². The number of hydrogen-bond acceptors (Lipinski definition) is 5. The first-order valence-corrected chi connectivity index (χ1v) is 11.3. The zero-order valence-corrected chi connectivity index (χ0v) is 19.7. The molecule has 0 saturated carbocycles. The van der Waals surface area contributed by atoms with Crippen molar-refractivity contribution in [3.05, 3.63) is 103 Å². The number of carbonyl (C=O) groups excluding carboxylic acids is 2. The summed E-state index contributed by atoms with van der Waals surface area (Å²) in [4.78, 5) is 34.6. The monoisotopic (exact) mass is 465 g/mol. The van der Waals surface area contributed by atoms with E-state index in [-0.39, 0.29) is 11.8 Å². The van der Waals surface area contributed by atoms with Gasteiger partial charge in [0.15, 0.2) is 0 Å². The van der Waals surface area contributed by atoms with Crippen LogP contribution in [0.25, 0.3) is 11.1 Å². The van der Waals surface area contributed by atoms with Gasteiger partial charge in [0.25, 0.3) is 5.91 Å². The number of nitrogens with one attached hydrogen (secondary N) is 2. The first kappa shape index (κ1) is 23.6. The zero-order valence-electron chi connectivity index (χ0n) is 19.7. The Balaban J connectivity index is 1.35. The van der Waals surface area contributed by atoms with Gasteiger partial charge in [-0.3, -0.25) is 14.6 Å². The molecule has 0 aliphatic carbocycles. The quantitative estimate of drug-likeness (QED) is 0.375. The summed E-state index contributed by atoms with van der Waals surface area (Å²) in [6, 6.07) is 23.0. The van der Waals surface area contributed by atoms with Gasteiger partial charge in [0, 0.05) is 37.8 Å². The molecule has 2 heterocycles. The lowest BCUT2D eigenvalue weighted by Gasteiger charge is -2.11. The van der Waals surface area contributed by atoms with E-state index >= 15 is 0 Å². The summed E-state index contributed by atoms with van der Waals surface area (Å²) in [7, 11) is 3.47. The molecule has 0 atom stereocenters. The minimum absolute atomic E-state index is 0.0301. The first-order valence-electron chi connectivity index (χ1n) is 11.3. The second-order valence-corrected chi connectivity index (χ2v) is 8.33. The molecule has 0 aliphatic heterocycles. The van der Waals surface area contributed by atoms with Crippen molar-refractivity contribution in [2.75, 3.05) is 24.7 Å². The lowest BCUT2D eigenvalue weighted by atomic mass is 10.1. The van der Waals surface area contributed by atoms with Crippen molar-refractivity contribution in [3.8, 4) is 11.1 Å². The van der Waals surface area contributed by atoms with E-state index in [1.807, 2.05) is 72.8 Å². The Bertz CT molecular complexity index is 1290. The van der Waals surface area contributed by atoms with Crippen LogP contribution in [0.1, 0.15) is 22.3 Å². The Kier molecular flexibility index (Phi) is 7.47. The molecule has 0 saturated heterocycles. The molecule has 0 unspecified atom stereocenters. The summed E-state index contributed by atoms with van der Waals surface area (Å²) in [5.41, 5.74) is 5.03. The molecule has 7 heteroatoms. The van der Waals surface area contributed by atoms with E-state index in [9.17, 15) is 9.59 Å². The molecule has 2 N–H and O–H groups in total. The van der Waals surface area contributed by atoms with Crippen LogP contribution in [0, 0.1) is 0 Å². The number of hydrogen-bond donors (Lipinski definition) is 2. The van der Waals surface area contributed by atoms with E-state index in [2.05, 4.69) is 20.6 Å². The minimum Gasteiger partial charge on any atom is -0.345 e. The average Bonchev–Trinajstić information content (AvgIpc) is 2.88. The van der Waals surface area contributed by atoms with Crippen molar-refractivity contribution >= 4 is 29.0 Å². The van der Waals surface area contributed by atoms with Crippen molar-refractivity contribution in [1.29, 1.82) is 0 Å². The number of anilines is 3. The third-order valence-electron chi connectivity index (χ3n) is 5.41. The summed E-state index contributed by atoms with van der Waals surface area (Å²) in [5, 5.41) is 6.11. The standard InChI is InChI=1S/C28H27N5O2/c1-33(2)28(35)22-11-9-21(10-12-22)23-13-14-26(30-17-23)31-24-16-25(19-29-18-24)32-27(34)15-8-20-6-4-3-5-7-20/h3-7,9-14,16-19H,8,15H2,1-2H3,(H,30,31)(H,32,34). The predicted molar refractivity (Wildman–Crippen MR) is 139 cm³/mol. The van der Waals surface area contributed by atoms with Crippen LogP contribution in [0.15, 0.2) is 91.4 Å². The Morgan fingerprint density at radius 2 is 1.54 bits per heavy atom. The summed E-state index contributed by atoms with van der Waals surface area (Å²) in [5.74, 6) is 0.563. The highest BCUT2D eigenvalue weighted by molar-refractivity contribution is 5.94. The maximum absolute atomic E-state index is 12.3. The van der Waals surface area contributed by atoms with E-state index in [1.165, 1.54) is 0 Å². The van der Waals surface area contributed by atoms with Gasteiger partial charge in [-0.05, 0) is 47.9 Å². The largest absolute Gasteiger partial charge is 0.345 e. The lowest BCUT2D eigenvalue weighted by Crippen LogP contribution is -2.21. The molecule has 0 aliphatic rings. The maximum atomic E-state index is 12.3. The molecule has 7 nitrogen and oxygen atoms in total. The van der Waals surface area contributed by atoms with Crippen LogP contribution in [0.4, 0.5) is 17.2 Å². The molecule has 0 bridgehead atoms. The molecule has 2 aromatic carbocycles. The van der Waals surface area contributed by atoms with Crippen LogP contribution in [-0.2, 0) is 11.2 Å². The van der Waals surface area contributed by atoms with Gasteiger partial charge in [-0.25, -0.2) is 4.98 Å². The molecule has 35 heavy (non-hydrogen) atoms. The average molecular weight is 466 g/mol. The van der Waals surface area contributed by atoms with E-state index < -0.39 is 0 Å². The van der Waals surface area contributed by atoms with Crippen molar-refractivity contribution in [3.63, 3.8) is 0 Å². The lowest BCUT2D eigenvalue weighted by molar-refractivity contribution is -0.116. The normalized spacial score (nSPS) is 10.5. The SMILES string of the molecule is CN(C)C(=O)c1ccc(-c2ccc(Nc3cncc(NC(=O)CCc4ccccc4)c3)nc2)cc1. The van der Waals surface area contributed by atoms with Gasteiger partial charge in [0.2, 0.25) is 5.91 Å². The van der Waals surface area contributed by atoms with Crippen LogP contribution >= 0.6 is 0 Å². The highest BCUT2D eigenvalue weighted by atomic mass is 16.2. The van der Waals surface area contributed by atoms with Crippen molar-refractivity contribution in [1.82, 2.24) is 14.9 Å². The van der Waals surface area contributed by atoms with Gasteiger partial charge < -0.3 is 15.5 Å². The first-order chi connectivity index (χ1) is 17.0. The third-order valence-corrected chi connectivity index (χ3v) is 5.41. The smallest absolute Gasteiger partial charge is 0.253 e. The zero-order chi connectivity index (χ0) is 24.6. The molecule has 2 amide bonds. The van der Waals surface area contributed by atoms with Crippen LogP contribution < -0.4 is 10.6 Å². The Labute approximate surface area is 204 Å². The van der Waals surface area contributed by atoms with E-state index in [0.29, 0.717) is 29.9 Å². The molecular formula is C28H27N5O2. The molecule has 2 aromatic heterocycles. The Morgan fingerprint density at radius 1 is 0.829 bits per heavy atom. The number of aryl methyl sites for hydroxylation is 1. The van der Waals surface area contributed by atoms with Gasteiger partial charge in [0.05, 0.1) is 23.8 Å². The Hall–Kier alpha value is -4.52. The molecule has 4 rings (SSSR count). The van der Waals surface area contributed by atoms with Crippen molar-refractivity contribution in [2.24, 2.45) is 0 Å². The predicted octanol–water partition coefficient (Wildman–Crippen LogP) is 5.16. The molecule has 0 radical (unpaired) electrons.